The molecule has 5 nitrogen and oxygen atoms in total. The number of carbonyl (C=O) groups excluding carboxylic acids is 2. The summed E-state index contributed by atoms with van der Waals surface area (Å²) >= 11 is 3.35. The van der Waals surface area contributed by atoms with Gasteiger partial charge in [-0.3, -0.25) is 14.6 Å². The standard InChI is InChI=1S/C16H16BrN3O2/c1-10(2)19-15(21)11-6-12(9-18-8-11)16(22)20-14-5-3-4-13(17)7-14/h3-10H,1-2H3,(H,19,21)(H,20,22). The van der Waals surface area contributed by atoms with Crippen LogP contribution in [0.1, 0.15) is 34.6 Å². The van der Waals surface area contributed by atoms with E-state index in [1.54, 1.807) is 12.1 Å². The molecule has 0 unspecified atom stereocenters. The SMILES string of the molecule is CC(C)NC(=O)c1cncc(C(=O)Nc2cccc(Br)c2)c1. The van der Waals surface area contributed by atoms with Crippen molar-refractivity contribution in [3.05, 3.63) is 58.3 Å². The topological polar surface area (TPSA) is 71.1 Å². The molecule has 1 heterocycles. The first-order valence-electron chi connectivity index (χ1n) is 6.78. The van der Waals surface area contributed by atoms with Crippen LogP contribution in [0.2, 0.25) is 0 Å². The molecule has 1 aromatic carbocycles. The van der Waals surface area contributed by atoms with E-state index in [0.29, 0.717) is 16.8 Å². The Morgan fingerprint density at radius 1 is 1.09 bits per heavy atom. The molecule has 2 rings (SSSR count). The van der Waals surface area contributed by atoms with Crippen LogP contribution in [0.3, 0.4) is 0 Å². The first kappa shape index (κ1) is 16.2. The fourth-order valence-electron chi connectivity index (χ4n) is 1.80. The van der Waals surface area contributed by atoms with Gasteiger partial charge >= 0.3 is 0 Å². The summed E-state index contributed by atoms with van der Waals surface area (Å²) in [6, 6.07) is 8.81. The van der Waals surface area contributed by atoms with Crippen molar-refractivity contribution in [3.63, 3.8) is 0 Å². The molecule has 114 valence electrons. The van der Waals surface area contributed by atoms with Crippen molar-refractivity contribution < 1.29 is 9.59 Å². The minimum Gasteiger partial charge on any atom is -0.350 e. The van der Waals surface area contributed by atoms with Crippen LogP contribution in [0.4, 0.5) is 5.69 Å². The van der Waals surface area contributed by atoms with Crippen LogP contribution in [-0.2, 0) is 0 Å². The first-order chi connectivity index (χ1) is 10.5. The molecule has 0 aliphatic rings. The van der Waals surface area contributed by atoms with Gasteiger partial charge in [-0.25, -0.2) is 0 Å². The van der Waals surface area contributed by atoms with Crippen molar-refractivity contribution in [2.75, 3.05) is 5.32 Å². The highest BCUT2D eigenvalue weighted by Gasteiger charge is 2.12. The molecular formula is C16H16BrN3O2. The predicted octanol–water partition coefficient (Wildman–Crippen LogP) is 3.23. The summed E-state index contributed by atoms with van der Waals surface area (Å²) in [7, 11) is 0. The normalized spacial score (nSPS) is 10.4. The number of carbonyl (C=O) groups is 2. The van der Waals surface area contributed by atoms with Crippen molar-refractivity contribution in [1.29, 1.82) is 0 Å². The molecule has 0 radical (unpaired) electrons. The molecule has 2 N–H and O–H groups in total. The number of anilines is 1. The highest BCUT2D eigenvalue weighted by Crippen LogP contribution is 2.16. The number of aromatic nitrogens is 1. The van der Waals surface area contributed by atoms with Gasteiger partial charge in [0.25, 0.3) is 11.8 Å². The molecule has 0 atom stereocenters. The maximum Gasteiger partial charge on any atom is 0.257 e. The summed E-state index contributed by atoms with van der Waals surface area (Å²) in [4.78, 5) is 28.1. The number of rotatable bonds is 4. The second kappa shape index (κ2) is 7.17. The van der Waals surface area contributed by atoms with E-state index in [0.717, 1.165) is 4.47 Å². The summed E-state index contributed by atoms with van der Waals surface area (Å²) in [5, 5.41) is 5.53. The van der Waals surface area contributed by atoms with Gasteiger partial charge in [-0.1, -0.05) is 22.0 Å². The number of nitrogens with zero attached hydrogens (tertiary/aromatic N) is 1. The summed E-state index contributed by atoms with van der Waals surface area (Å²) < 4.78 is 0.869. The Balaban J connectivity index is 2.15. The third-order valence-electron chi connectivity index (χ3n) is 2.76. The molecule has 22 heavy (non-hydrogen) atoms. The third-order valence-corrected chi connectivity index (χ3v) is 3.26. The van der Waals surface area contributed by atoms with Crippen molar-refractivity contribution in [2.45, 2.75) is 19.9 Å². The van der Waals surface area contributed by atoms with Gasteiger partial charge in [0.1, 0.15) is 0 Å². The zero-order valence-corrected chi connectivity index (χ0v) is 13.8. The van der Waals surface area contributed by atoms with Gasteiger partial charge in [-0.15, -0.1) is 0 Å². The van der Waals surface area contributed by atoms with E-state index in [-0.39, 0.29) is 17.9 Å². The summed E-state index contributed by atoms with van der Waals surface area (Å²) in [5.41, 5.74) is 1.35. The molecule has 0 saturated carbocycles. The fourth-order valence-corrected chi connectivity index (χ4v) is 2.20. The van der Waals surface area contributed by atoms with Crippen LogP contribution >= 0.6 is 15.9 Å². The summed E-state index contributed by atoms with van der Waals surface area (Å²) in [6.07, 6.45) is 2.87. The van der Waals surface area contributed by atoms with Crippen molar-refractivity contribution >= 4 is 33.4 Å². The van der Waals surface area contributed by atoms with Crippen LogP contribution in [0, 0.1) is 0 Å². The highest BCUT2D eigenvalue weighted by atomic mass is 79.9. The van der Waals surface area contributed by atoms with Gasteiger partial charge in [-0.2, -0.15) is 0 Å². The van der Waals surface area contributed by atoms with Crippen molar-refractivity contribution in [3.8, 4) is 0 Å². The lowest BCUT2D eigenvalue weighted by Gasteiger charge is -2.09. The van der Waals surface area contributed by atoms with Crippen LogP contribution in [-0.4, -0.2) is 22.8 Å². The number of amides is 2. The molecule has 0 aliphatic carbocycles. The lowest BCUT2D eigenvalue weighted by atomic mass is 10.1. The Bertz CT molecular complexity index is 701. The Labute approximate surface area is 137 Å². The number of hydrogen-bond acceptors (Lipinski definition) is 3. The molecule has 0 aliphatic heterocycles. The lowest BCUT2D eigenvalue weighted by Crippen LogP contribution is -2.30. The smallest absolute Gasteiger partial charge is 0.257 e. The number of nitrogens with one attached hydrogen (secondary N) is 2. The second-order valence-corrected chi connectivity index (χ2v) is 5.97. The molecule has 0 bridgehead atoms. The van der Waals surface area contributed by atoms with Gasteiger partial charge in [0.2, 0.25) is 0 Å². The van der Waals surface area contributed by atoms with Crippen molar-refractivity contribution in [2.24, 2.45) is 0 Å². The van der Waals surface area contributed by atoms with Crippen LogP contribution < -0.4 is 10.6 Å². The van der Waals surface area contributed by atoms with Crippen molar-refractivity contribution in [1.82, 2.24) is 10.3 Å². The first-order valence-corrected chi connectivity index (χ1v) is 7.58. The van der Waals surface area contributed by atoms with Crippen LogP contribution in [0.25, 0.3) is 0 Å². The van der Waals surface area contributed by atoms with Gasteiger partial charge in [0.05, 0.1) is 11.1 Å². The van der Waals surface area contributed by atoms with E-state index < -0.39 is 0 Å². The van der Waals surface area contributed by atoms with Gasteiger partial charge in [0.15, 0.2) is 0 Å². The number of halogens is 1. The Hall–Kier alpha value is -2.21. The molecule has 0 saturated heterocycles. The van der Waals surface area contributed by atoms with Gasteiger partial charge in [0, 0.05) is 28.6 Å². The Morgan fingerprint density at radius 2 is 1.77 bits per heavy atom. The highest BCUT2D eigenvalue weighted by molar-refractivity contribution is 9.10. The van der Waals surface area contributed by atoms with E-state index in [9.17, 15) is 9.59 Å². The monoisotopic (exact) mass is 361 g/mol. The van der Waals surface area contributed by atoms with E-state index in [1.165, 1.54) is 18.5 Å². The molecule has 0 spiro atoms. The minimum absolute atomic E-state index is 0.0200. The summed E-state index contributed by atoms with van der Waals surface area (Å²) in [5.74, 6) is -0.565. The zero-order chi connectivity index (χ0) is 16.1. The van der Waals surface area contributed by atoms with E-state index in [4.69, 9.17) is 0 Å². The number of benzene rings is 1. The van der Waals surface area contributed by atoms with Gasteiger partial charge < -0.3 is 10.6 Å². The average molecular weight is 362 g/mol. The molecule has 0 fully saturated rings. The maximum absolute atomic E-state index is 12.2. The van der Waals surface area contributed by atoms with E-state index >= 15 is 0 Å². The second-order valence-electron chi connectivity index (χ2n) is 5.05. The Kier molecular flexibility index (Phi) is 5.27. The molecule has 2 aromatic rings. The average Bonchev–Trinajstić information content (AvgIpc) is 2.46. The van der Waals surface area contributed by atoms with Gasteiger partial charge in [-0.05, 0) is 38.1 Å². The van der Waals surface area contributed by atoms with Crippen LogP contribution in [0.5, 0.6) is 0 Å². The summed E-state index contributed by atoms with van der Waals surface area (Å²) in [6.45, 7) is 3.74. The van der Waals surface area contributed by atoms with E-state index in [1.807, 2.05) is 26.0 Å². The molecule has 2 amide bonds. The molecular weight excluding hydrogens is 346 g/mol. The van der Waals surface area contributed by atoms with E-state index in [2.05, 4.69) is 31.5 Å². The third kappa shape index (κ3) is 4.39. The molecule has 6 heteroatoms. The molecule has 1 aromatic heterocycles. The lowest BCUT2D eigenvalue weighted by molar-refractivity contribution is 0.0942. The maximum atomic E-state index is 12.2. The zero-order valence-electron chi connectivity index (χ0n) is 12.3. The van der Waals surface area contributed by atoms with Crippen LogP contribution in [0.15, 0.2) is 47.2 Å². The number of pyridine rings is 1. The Morgan fingerprint density at radius 3 is 2.41 bits per heavy atom. The number of hydrogen-bond donors (Lipinski definition) is 2. The predicted molar refractivity (Wildman–Crippen MR) is 88.9 cm³/mol. The quantitative estimate of drug-likeness (QED) is 0.877. The largest absolute Gasteiger partial charge is 0.350 e. The fraction of sp³-hybridized carbons (Fsp3) is 0.188. The minimum atomic E-state index is -0.315.